The lowest BCUT2D eigenvalue weighted by atomic mass is 10.2. The fourth-order valence-electron chi connectivity index (χ4n) is 2.51. The zero-order valence-electron chi connectivity index (χ0n) is 13.8. The van der Waals surface area contributed by atoms with Gasteiger partial charge in [-0.25, -0.2) is 9.97 Å². The number of methoxy groups -OCH3 is 1. The zero-order valence-corrected chi connectivity index (χ0v) is 13.8. The van der Waals surface area contributed by atoms with Gasteiger partial charge in [-0.1, -0.05) is 19.0 Å². The molecule has 0 atom stereocenters. The highest BCUT2D eigenvalue weighted by Crippen LogP contribution is 2.18. The van der Waals surface area contributed by atoms with Crippen LogP contribution in [0, 0.1) is 0 Å². The van der Waals surface area contributed by atoms with E-state index in [1.165, 1.54) is 6.33 Å². The molecule has 3 heterocycles. The van der Waals surface area contributed by atoms with Crippen molar-refractivity contribution in [2.24, 2.45) is 0 Å². The van der Waals surface area contributed by atoms with Crippen molar-refractivity contribution in [1.82, 2.24) is 25.0 Å². The van der Waals surface area contributed by atoms with Gasteiger partial charge in [0.2, 0.25) is 11.8 Å². The van der Waals surface area contributed by atoms with Crippen molar-refractivity contribution in [3.63, 3.8) is 0 Å². The average Bonchev–Trinajstić information content (AvgIpc) is 3.04. The van der Waals surface area contributed by atoms with Crippen LogP contribution in [0.25, 0.3) is 0 Å². The van der Waals surface area contributed by atoms with Crippen LogP contribution < -0.4 is 9.64 Å². The lowest BCUT2D eigenvalue weighted by molar-refractivity contribution is 0.215. The highest BCUT2D eigenvalue weighted by molar-refractivity contribution is 5.41. The molecule has 2 aromatic heterocycles. The van der Waals surface area contributed by atoms with E-state index in [1.54, 1.807) is 7.11 Å². The van der Waals surface area contributed by atoms with Crippen molar-refractivity contribution >= 4 is 5.82 Å². The molecule has 0 N–H and O–H groups in total. The van der Waals surface area contributed by atoms with E-state index in [4.69, 9.17) is 9.26 Å². The second-order valence-electron chi connectivity index (χ2n) is 5.88. The largest absolute Gasteiger partial charge is 0.481 e. The molecule has 0 bridgehead atoms. The maximum atomic E-state index is 5.32. The minimum atomic E-state index is 0.289. The van der Waals surface area contributed by atoms with E-state index >= 15 is 0 Å². The summed E-state index contributed by atoms with van der Waals surface area (Å²) in [5.74, 6) is 3.23. The van der Waals surface area contributed by atoms with Crippen LogP contribution in [0.5, 0.6) is 5.88 Å². The third kappa shape index (κ3) is 3.76. The number of aromatic nitrogens is 4. The molecule has 1 fully saturated rings. The highest BCUT2D eigenvalue weighted by atomic mass is 16.5. The van der Waals surface area contributed by atoms with E-state index in [1.807, 2.05) is 6.07 Å². The third-order valence-corrected chi connectivity index (χ3v) is 3.89. The van der Waals surface area contributed by atoms with Crippen LogP contribution in [-0.2, 0) is 6.54 Å². The molecule has 0 saturated carbocycles. The number of hydrogen-bond acceptors (Lipinski definition) is 8. The Balaban J connectivity index is 1.55. The minimum Gasteiger partial charge on any atom is -0.481 e. The third-order valence-electron chi connectivity index (χ3n) is 3.89. The van der Waals surface area contributed by atoms with Crippen LogP contribution >= 0.6 is 0 Å². The summed E-state index contributed by atoms with van der Waals surface area (Å²) in [4.78, 5) is 17.3. The monoisotopic (exact) mass is 318 g/mol. The number of ether oxygens (including phenoxy) is 1. The number of hydrogen-bond donors (Lipinski definition) is 0. The minimum absolute atomic E-state index is 0.289. The Morgan fingerprint density at radius 2 is 2.00 bits per heavy atom. The Bertz CT molecular complexity index is 636. The Morgan fingerprint density at radius 3 is 2.65 bits per heavy atom. The van der Waals surface area contributed by atoms with Crippen LogP contribution in [-0.4, -0.2) is 58.3 Å². The van der Waals surface area contributed by atoms with Crippen LogP contribution in [0.4, 0.5) is 5.82 Å². The molecule has 2 aromatic rings. The van der Waals surface area contributed by atoms with Gasteiger partial charge in [0.25, 0.3) is 0 Å². The van der Waals surface area contributed by atoms with E-state index in [-0.39, 0.29) is 5.92 Å². The molecule has 0 radical (unpaired) electrons. The molecule has 1 aliphatic heterocycles. The van der Waals surface area contributed by atoms with Gasteiger partial charge < -0.3 is 14.2 Å². The van der Waals surface area contributed by atoms with Gasteiger partial charge in [-0.05, 0) is 0 Å². The summed E-state index contributed by atoms with van der Waals surface area (Å²) < 4.78 is 10.5. The molecule has 1 aliphatic rings. The van der Waals surface area contributed by atoms with Crippen molar-refractivity contribution in [3.05, 3.63) is 24.1 Å². The second-order valence-corrected chi connectivity index (χ2v) is 5.88. The van der Waals surface area contributed by atoms with Gasteiger partial charge in [-0.15, -0.1) is 0 Å². The maximum absolute atomic E-state index is 5.32. The molecule has 124 valence electrons. The molecule has 8 nitrogen and oxygen atoms in total. The molecule has 23 heavy (non-hydrogen) atoms. The molecule has 0 unspecified atom stereocenters. The Morgan fingerprint density at radius 1 is 1.22 bits per heavy atom. The first-order valence-electron chi connectivity index (χ1n) is 7.81. The smallest absolute Gasteiger partial charge is 0.240 e. The Kier molecular flexibility index (Phi) is 4.71. The Labute approximate surface area is 135 Å². The average molecular weight is 318 g/mol. The molecular weight excluding hydrogens is 296 g/mol. The van der Waals surface area contributed by atoms with Crippen LogP contribution in [0.1, 0.15) is 31.5 Å². The lowest BCUT2D eigenvalue weighted by Gasteiger charge is -2.34. The number of anilines is 1. The predicted molar refractivity (Wildman–Crippen MR) is 84.5 cm³/mol. The summed E-state index contributed by atoms with van der Waals surface area (Å²) in [6.45, 7) is 8.45. The van der Waals surface area contributed by atoms with E-state index in [9.17, 15) is 0 Å². The molecule has 0 amide bonds. The fourth-order valence-corrected chi connectivity index (χ4v) is 2.51. The SMILES string of the molecule is COc1cc(N2CCN(Cc3nc(C(C)C)no3)CC2)ncn1. The topological polar surface area (TPSA) is 80.4 Å². The fraction of sp³-hybridized carbons (Fsp3) is 0.600. The van der Waals surface area contributed by atoms with E-state index in [0.717, 1.165) is 37.8 Å². The van der Waals surface area contributed by atoms with Gasteiger partial charge in [-0.2, -0.15) is 4.98 Å². The summed E-state index contributed by atoms with van der Waals surface area (Å²) in [5, 5.41) is 4.01. The summed E-state index contributed by atoms with van der Waals surface area (Å²) in [7, 11) is 1.61. The van der Waals surface area contributed by atoms with Crippen molar-refractivity contribution < 1.29 is 9.26 Å². The van der Waals surface area contributed by atoms with E-state index in [0.29, 0.717) is 18.3 Å². The number of rotatable bonds is 5. The van der Waals surface area contributed by atoms with Crippen LogP contribution in [0.2, 0.25) is 0 Å². The summed E-state index contributed by atoms with van der Waals surface area (Å²) in [6.07, 6.45) is 1.53. The van der Waals surface area contributed by atoms with Crippen molar-refractivity contribution in [1.29, 1.82) is 0 Å². The Hall–Kier alpha value is -2.22. The van der Waals surface area contributed by atoms with Crippen molar-refractivity contribution in [3.8, 4) is 5.88 Å². The quantitative estimate of drug-likeness (QED) is 0.816. The first-order valence-corrected chi connectivity index (χ1v) is 7.81. The van der Waals surface area contributed by atoms with Gasteiger partial charge in [-0.3, -0.25) is 4.90 Å². The molecule has 0 aliphatic carbocycles. The highest BCUT2D eigenvalue weighted by Gasteiger charge is 2.21. The molecule has 8 heteroatoms. The summed E-state index contributed by atoms with van der Waals surface area (Å²) >= 11 is 0. The van der Waals surface area contributed by atoms with E-state index in [2.05, 4.69) is 43.8 Å². The molecular formula is C15H22N6O2. The van der Waals surface area contributed by atoms with E-state index < -0.39 is 0 Å². The standard InChI is InChI=1S/C15H22N6O2/c1-11(2)15-18-14(23-19-15)9-20-4-6-21(7-5-20)12-8-13(22-3)17-10-16-12/h8,10-11H,4-7,9H2,1-3H3. The number of nitrogens with zero attached hydrogens (tertiary/aromatic N) is 6. The second kappa shape index (κ2) is 6.91. The normalized spacial score (nSPS) is 16.1. The van der Waals surface area contributed by atoms with Gasteiger partial charge in [0, 0.05) is 38.2 Å². The van der Waals surface area contributed by atoms with Crippen LogP contribution in [0.15, 0.2) is 16.9 Å². The first kappa shape index (κ1) is 15.7. The van der Waals surface area contributed by atoms with Crippen LogP contribution in [0.3, 0.4) is 0 Å². The van der Waals surface area contributed by atoms with Gasteiger partial charge in [0.15, 0.2) is 5.82 Å². The molecule has 0 spiro atoms. The van der Waals surface area contributed by atoms with Gasteiger partial charge in [0.1, 0.15) is 12.1 Å². The summed E-state index contributed by atoms with van der Waals surface area (Å²) in [6, 6.07) is 1.86. The number of piperazine rings is 1. The molecule has 0 aromatic carbocycles. The predicted octanol–water partition coefficient (Wildman–Crippen LogP) is 1.31. The molecule has 3 rings (SSSR count). The van der Waals surface area contributed by atoms with Crippen molar-refractivity contribution in [2.75, 3.05) is 38.2 Å². The molecule has 1 saturated heterocycles. The van der Waals surface area contributed by atoms with Crippen molar-refractivity contribution in [2.45, 2.75) is 26.3 Å². The zero-order chi connectivity index (χ0) is 16.2. The summed E-state index contributed by atoms with van der Waals surface area (Å²) in [5.41, 5.74) is 0. The lowest BCUT2D eigenvalue weighted by Crippen LogP contribution is -2.46. The van der Waals surface area contributed by atoms with Gasteiger partial charge >= 0.3 is 0 Å². The maximum Gasteiger partial charge on any atom is 0.240 e. The first-order chi connectivity index (χ1) is 11.2. The van der Waals surface area contributed by atoms with Gasteiger partial charge in [0.05, 0.1) is 13.7 Å².